The van der Waals surface area contributed by atoms with Gasteiger partial charge in [0, 0.05) is 5.02 Å². The molecule has 2 N–H and O–H groups in total. The molecule has 1 aromatic heterocycles. The Hall–Kier alpha value is -1.24. The minimum absolute atomic E-state index is 0.174. The summed E-state index contributed by atoms with van der Waals surface area (Å²) in [4.78, 5) is 11.8. The minimum atomic E-state index is -2.64. The van der Waals surface area contributed by atoms with Crippen LogP contribution in [0.4, 0.5) is 0 Å². The third kappa shape index (κ3) is 5.89. The summed E-state index contributed by atoms with van der Waals surface area (Å²) in [5.74, 6) is 0.757. The van der Waals surface area contributed by atoms with Gasteiger partial charge < -0.3 is 14.5 Å². The van der Waals surface area contributed by atoms with E-state index < -0.39 is 13.9 Å². The minimum Gasteiger partial charge on any atom is -0.383 e. The Kier molecular flexibility index (Phi) is 7.80. The maximum Gasteiger partial charge on any atom is 0.316 e. The number of aliphatic hydroxyl groups is 1. The van der Waals surface area contributed by atoms with Crippen molar-refractivity contribution in [2.45, 2.75) is 38.8 Å². The molecule has 9 heteroatoms. The van der Waals surface area contributed by atoms with Crippen LogP contribution in [-0.4, -0.2) is 31.4 Å². The molecule has 7 nitrogen and oxygen atoms in total. The topological polar surface area (TPSA) is 97.5 Å². The van der Waals surface area contributed by atoms with Crippen molar-refractivity contribution < 1.29 is 19.1 Å². The first-order valence-corrected chi connectivity index (χ1v) is 10.2. The molecule has 26 heavy (non-hydrogen) atoms. The Morgan fingerprint density at radius 1 is 1.42 bits per heavy atom. The number of hydrogen-bond acceptors (Lipinski definition) is 5. The quantitative estimate of drug-likeness (QED) is 0.691. The molecule has 144 valence electrons. The lowest BCUT2D eigenvalue weighted by molar-refractivity contribution is -0.0442. The van der Waals surface area contributed by atoms with Gasteiger partial charge in [-0.25, -0.2) is 9.67 Å². The van der Waals surface area contributed by atoms with Crippen LogP contribution >= 0.6 is 19.9 Å². The molecule has 0 radical (unpaired) electrons. The molecule has 1 fully saturated rings. The number of halogens is 1. The molecular weight excluding hydrogens is 377 g/mol. The van der Waals surface area contributed by atoms with Crippen LogP contribution in [0.2, 0.25) is 5.02 Å². The van der Waals surface area contributed by atoms with Crippen molar-refractivity contribution in [3.63, 3.8) is 0 Å². The van der Waals surface area contributed by atoms with Crippen LogP contribution in [0.25, 0.3) is 0 Å². The Morgan fingerprint density at radius 3 is 2.50 bits per heavy atom. The maximum absolute atomic E-state index is 11.3. The molecule has 0 amide bonds. The summed E-state index contributed by atoms with van der Waals surface area (Å²) in [5.41, 5.74) is -0.0591. The number of hydrogen-bond donors (Lipinski definition) is 2. The third-order valence-corrected chi connectivity index (χ3v) is 5.35. The summed E-state index contributed by atoms with van der Waals surface area (Å²) < 4.78 is 15.4. The van der Waals surface area contributed by atoms with Gasteiger partial charge in [-0.1, -0.05) is 30.7 Å². The molecule has 1 heterocycles. The molecule has 1 aromatic carbocycles. The molecule has 3 rings (SSSR count). The van der Waals surface area contributed by atoms with E-state index in [0.29, 0.717) is 24.1 Å². The predicted molar refractivity (Wildman–Crippen MR) is 100 cm³/mol. The fourth-order valence-corrected chi connectivity index (χ4v) is 3.28. The lowest BCUT2D eigenvalue weighted by atomic mass is 9.79. The van der Waals surface area contributed by atoms with Gasteiger partial charge in [0.15, 0.2) is 0 Å². The first-order valence-electron chi connectivity index (χ1n) is 8.53. The van der Waals surface area contributed by atoms with Crippen molar-refractivity contribution in [1.29, 1.82) is 0 Å². The third-order valence-electron chi connectivity index (χ3n) is 4.56. The van der Waals surface area contributed by atoms with Gasteiger partial charge >= 0.3 is 8.25 Å². The molecule has 0 aliphatic heterocycles. The summed E-state index contributed by atoms with van der Waals surface area (Å²) in [5, 5.41) is 16.1. The molecule has 0 spiro atoms. The lowest BCUT2D eigenvalue weighted by Crippen LogP contribution is -2.39. The molecule has 1 aliphatic rings. The Morgan fingerprint density at radius 2 is 2.08 bits per heavy atom. The first-order chi connectivity index (χ1) is 12.4. The number of aromatic nitrogens is 3. The second-order valence-corrected chi connectivity index (χ2v) is 7.61. The summed E-state index contributed by atoms with van der Waals surface area (Å²) in [7, 11) is -2.64. The standard InChI is InChI=1S/C15H18ClN3O.C2H7O3P/c1-11(12-2-3-12)15(20,8-19-10-17-9-18-19)13-4-6-14(16)7-5-13;1-2-5-6(3)4/h4-7,9-12,20H,2-3,8H2,1H3;6H,2H2,1H3,(H,3,4). The molecule has 0 bridgehead atoms. The predicted octanol–water partition coefficient (Wildman–Crippen LogP) is 3.27. The van der Waals surface area contributed by atoms with Crippen molar-refractivity contribution in [2.75, 3.05) is 6.61 Å². The number of rotatable bonds is 7. The van der Waals surface area contributed by atoms with Gasteiger partial charge in [-0.15, -0.1) is 0 Å². The van der Waals surface area contributed by atoms with Crippen LogP contribution in [0, 0.1) is 11.8 Å². The highest BCUT2D eigenvalue weighted by atomic mass is 35.5. The van der Waals surface area contributed by atoms with Gasteiger partial charge in [0.25, 0.3) is 0 Å². The monoisotopic (exact) mass is 401 g/mol. The molecule has 0 saturated heterocycles. The SMILES string of the molecule is CC(C1CC1)C(O)(Cn1cncn1)c1ccc(Cl)cc1.CCO[PH](=O)O. The van der Waals surface area contributed by atoms with E-state index in [-0.39, 0.29) is 5.92 Å². The summed E-state index contributed by atoms with van der Waals surface area (Å²) in [6, 6.07) is 7.45. The van der Waals surface area contributed by atoms with Crippen LogP contribution in [0.1, 0.15) is 32.3 Å². The van der Waals surface area contributed by atoms with E-state index in [1.807, 2.05) is 24.3 Å². The van der Waals surface area contributed by atoms with E-state index in [0.717, 1.165) is 5.56 Å². The fourth-order valence-electron chi connectivity index (χ4n) is 2.91. The van der Waals surface area contributed by atoms with Gasteiger partial charge in [0.1, 0.15) is 18.3 Å². The van der Waals surface area contributed by atoms with Crippen molar-refractivity contribution >= 4 is 19.9 Å². The van der Waals surface area contributed by atoms with Gasteiger partial charge in [0.05, 0.1) is 13.2 Å². The molecule has 1 saturated carbocycles. The molecule has 2 aromatic rings. The zero-order chi connectivity index (χ0) is 19.2. The van der Waals surface area contributed by atoms with E-state index in [1.165, 1.54) is 19.2 Å². The largest absolute Gasteiger partial charge is 0.383 e. The number of benzene rings is 1. The highest BCUT2D eigenvalue weighted by molar-refractivity contribution is 7.32. The van der Waals surface area contributed by atoms with Crippen molar-refractivity contribution in [3.05, 3.63) is 47.5 Å². The first kappa shape index (κ1) is 21.1. The van der Waals surface area contributed by atoms with Gasteiger partial charge in [-0.2, -0.15) is 5.10 Å². The van der Waals surface area contributed by atoms with E-state index in [9.17, 15) is 9.67 Å². The summed E-state index contributed by atoms with van der Waals surface area (Å²) in [6.07, 6.45) is 5.51. The highest BCUT2D eigenvalue weighted by Crippen LogP contribution is 2.46. The van der Waals surface area contributed by atoms with Gasteiger partial charge in [0.2, 0.25) is 0 Å². The summed E-state index contributed by atoms with van der Waals surface area (Å²) >= 11 is 5.95. The molecule has 1 aliphatic carbocycles. The molecular formula is C17H25ClN3O4P. The molecule has 3 atom stereocenters. The van der Waals surface area contributed by atoms with Gasteiger partial charge in [-0.05, 0) is 49.3 Å². The zero-order valence-electron chi connectivity index (χ0n) is 14.9. The van der Waals surface area contributed by atoms with E-state index in [2.05, 4.69) is 21.5 Å². The highest BCUT2D eigenvalue weighted by Gasteiger charge is 2.44. The van der Waals surface area contributed by atoms with Crippen LogP contribution in [0.5, 0.6) is 0 Å². The zero-order valence-corrected chi connectivity index (χ0v) is 16.6. The van der Waals surface area contributed by atoms with E-state index in [4.69, 9.17) is 16.5 Å². The van der Waals surface area contributed by atoms with Gasteiger partial charge in [-0.3, -0.25) is 4.57 Å². The van der Waals surface area contributed by atoms with Crippen LogP contribution < -0.4 is 0 Å². The lowest BCUT2D eigenvalue weighted by Gasteiger charge is -2.35. The van der Waals surface area contributed by atoms with Crippen molar-refractivity contribution in [2.24, 2.45) is 11.8 Å². The average Bonchev–Trinajstić information content (AvgIpc) is 3.33. The average molecular weight is 402 g/mol. The summed E-state index contributed by atoms with van der Waals surface area (Å²) in [6.45, 7) is 4.50. The van der Waals surface area contributed by atoms with Crippen LogP contribution in [0.15, 0.2) is 36.9 Å². The molecule has 3 unspecified atom stereocenters. The number of nitrogens with zero attached hydrogens (tertiary/aromatic N) is 3. The second kappa shape index (κ2) is 9.62. The maximum atomic E-state index is 11.3. The Bertz CT molecular complexity index is 695. The van der Waals surface area contributed by atoms with E-state index in [1.54, 1.807) is 17.9 Å². The van der Waals surface area contributed by atoms with E-state index >= 15 is 0 Å². The Labute approximate surface area is 158 Å². The Balaban J connectivity index is 0.000000352. The smallest absolute Gasteiger partial charge is 0.316 e. The fraction of sp³-hybridized carbons (Fsp3) is 0.529. The van der Waals surface area contributed by atoms with Crippen LogP contribution in [0.3, 0.4) is 0 Å². The second-order valence-electron chi connectivity index (χ2n) is 6.35. The van der Waals surface area contributed by atoms with Crippen molar-refractivity contribution in [3.8, 4) is 0 Å². The van der Waals surface area contributed by atoms with Crippen LogP contribution in [-0.2, 0) is 21.2 Å². The normalized spacial score (nSPS) is 18.3. The van der Waals surface area contributed by atoms with Crippen molar-refractivity contribution in [1.82, 2.24) is 14.8 Å².